The minimum Gasteiger partial charge on any atom is -0.396 e. The molecule has 1 aromatic heterocycles. The summed E-state index contributed by atoms with van der Waals surface area (Å²) < 4.78 is 25.8. The molecule has 1 heterocycles. The number of thioether (sulfide) groups is 1. The van der Waals surface area contributed by atoms with Crippen LogP contribution in [0, 0.1) is 5.92 Å². The third-order valence-corrected chi connectivity index (χ3v) is 4.28. The number of aliphatic hydroxyl groups is 1. The van der Waals surface area contributed by atoms with Crippen LogP contribution in [-0.4, -0.2) is 33.8 Å². The molecule has 6 N–H and O–H groups in total. The fourth-order valence-electron chi connectivity index (χ4n) is 2.07. The average molecular weight is 471 g/mol. The summed E-state index contributed by atoms with van der Waals surface area (Å²) in [6.07, 6.45) is -0.418. The number of benzene rings is 1. The summed E-state index contributed by atoms with van der Waals surface area (Å²) in [7, 11) is 1.35. The molecule has 0 aliphatic rings. The van der Waals surface area contributed by atoms with E-state index in [1.165, 1.54) is 24.9 Å². The Morgan fingerprint density at radius 2 is 1.87 bits per heavy atom. The molecule has 0 fully saturated rings. The fourth-order valence-corrected chi connectivity index (χ4v) is 2.92. The van der Waals surface area contributed by atoms with E-state index in [2.05, 4.69) is 39.1 Å². The van der Waals surface area contributed by atoms with Gasteiger partial charge in [-0.2, -0.15) is 0 Å². The second kappa shape index (κ2) is 18.2. The molecule has 0 aliphatic heterocycles. The number of anilines is 1. The van der Waals surface area contributed by atoms with Crippen LogP contribution in [0.15, 0.2) is 29.4 Å². The second-order valence-corrected chi connectivity index (χ2v) is 7.04. The van der Waals surface area contributed by atoms with Gasteiger partial charge in [0.2, 0.25) is 0 Å². The van der Waals surface area contributed by atoms with Crippen LogP contribution in [0.4, 0.5) is 20.7 Å². The van der Waals surface area contributed by atoms with E-state index in [-0.39, 0.29) is 80.7 Å². The number of rotatable bonds is 9. The first-order valence-corrected chi connectivity index (χ1v) is 9.71. The summed E-state index contributed by atoms with van der Waals surface area (Å²) in [6, 6.07) is 6.31. The number of hydrogen-bond acceptors (Lipinski definition) is 8. The molecule has 1 aromatic carbocycles. The molecule has 8 nitrogen and oxygen atoms in total. The number of aromatic nitrogens is 3. The van der Waals surface area contributed by atoms with E-state index in [0.29, 0.717) is 17.3 Å². The standard InChI is InChI=1S/C12H12F2N5OS.C6H14O.K.H3N/c1-20-19-11-16-10(15)17-12(18-11)21-6-7-4-2-3-5-8(7)9(13)14;1-6(2)4-3-5-7;;/h2-5,9H,6H2,1H3,(H2-,15,16,17,18,19);6-7H,3-5H2,1-2H3;;1H3/q-1;;+1;. The van der Waals surface area contributed by atoms with Crippen LogP contribution in [0.5, 0.6) is 0 Å². The van der Waals surface area contributed by atoms with Gasteiger partial charge in [0.15, 0.2) is 0 Å². The summed E-state index contributed by atoms with van der Waals surface area (Å²) in [5.41, 5.74) is 9.59. The molecule has 12 heteroatoms. The number of hydrogen-bond donors (Lipinski definition) is 3. The van der Waals surface area contributed by atoms with Gasteiger partial charge in [0.1, 0.15) is 11.1 Å². The Morgan fingerprint density at radius 3 is 2.40 bits per heavy atom. The van der Waals surface area contributed by atoms with Crippen molar-refractivity contribution in [2.75, 3.05) is 19.5 Å². The number of nitrogens with zero attached hydrogens (tertiary/aromatic N) is 4. The molecule has 164 valence electrons. The first-order valence-electron chi connectivity index (χ1n) is 8.72. The van der Waals surface area contributed by atoms with Crippen molar-refractivity contribution in [3.05, 3.63) is 40.9 Å². The number of nitrogen functional groups attached to an aromatic ring is 1. The molecule has 0 saturated carbocycles. The zero-order valence-corrected chi connectivity index (χ0v) is 21.8. The summed E-state index contributed by atoms with van der Waals surface area (Å²) in [4.78, 5) is 16.2. The van der Waals surface area contributed by atoms with E-state index in [4.69, 9.17) is 10.8 Å². The minimum absolute atomic E-state index is 0. The van der Waals surface area contributed by atoms with Crippen molar-refractivity contribution in [3.8, 4) is 0 Å². The van der Waals surface area contributed by atoms with E-state index in [0.717, 1.165) is 18.8 Å². The Bertz CT molecular complexity index is 716. The van der Waals surface area contributed by atoms with E-state index >= 15 is 0 Å². The Hall–Kier alpha value is -0.444. The number of halogens is 2. The maximum Gasteiger partial charge on any atom is 1.00 e. The SMILES string of the molecule is CC(C)CCCO.CO[N-]c1nc(N)nc(SCc2ccccc2C(F)F)n1.N.[K+]. The van der Waals surface area contributed by atoms with Gasteiger partial charge in [0, 0.05) is 25.0 Å². The number of alkyl halides is 2. The molecule has 2 rings (SSSR count). The second-order valence-electron chi connectivity index (χ2n) is 6.10. The van der Waals surface area contributed by atoms with Gasteiger partial charge in [0.25, 0.3) is 6.43 Å². The third-order valence-electron chi connectivity index (χ3n) is 3.38. The van der Waals surface area contributed by atoms with Crippen molar-refractivity contribution in [1.29, 1.82) is 0 Å². The van der Waals surface area contributed by atoms with Gasteiger partial charge in [-0.15, -0.1) is 0 Å². The summed E-state index contributed by atoms with van der Waals surface area (Å²) in [5.74, 6) is 1.06. The van der Waals surface area contributed by atoms with E-state index < -0.39 is 6.43 Å². The monoisotopic (exact) mass is 470 g/mol. The number of nitrogens with two attached hydrogens (primary N) is 1. The van der Waals surface area contributed by atoms with Crippen LogP contribution in [0.25, 0.3) is 5.48 Å². The molecule has 0 atom stereocenters. The minimum atomic E-state index is -2.52. The molecule has 0 aliphatic carbocycles. The third kappa shape index (κ3) is 13.1. The van der Waals surface area contributed by atoms with Gasteiger partial charge in [0.05, 0.1) is 5.95 Å². The van der Waals surface area contributed by atoms with Gasteiger partial charge in [-0.25, -0.2) is 13.8 Å². The Kier molecular flexibility index (Phi) is 19.2. The van der Waals surface area contributed by atoms with Crippen molar-refractivity contribution in [3.63, 3.8) is 0 Å². The topological polar surface area (TPSA) is 143 Å². The molecule has 0 amide bonds. The Morgan fingerprint density at radius 1 is 1.20 bits per heavy atom. The largest absolute Gasteiger partial charge is 1.00 e. The molecule has 0 spiro atoms. The first-order chi connectivity index (χ1) is 13.4. The van der Waals surface area contributed by atoms with Crippen molar-refractivity contribution in [2.24, 2.45) is 5.92 Å². The van der Waals surface area contributed by atoms with Crippen LogP contribution in [-0.2, 0) is 10.6 Å². The van der Waals surface area contributed by atoms with Crippen molar-refractivity contribution in [2.45, 2.75) is 44.0 Å². The quantitative estimate of drug-likeness (QED) is 0.286. The predicted octanol–water partition coefficient (Wildman–Crippen LogP) is 1.83. The van der Waals surface area contributed by atoms with Crippen LogP contribution in [0.2, 0.25) is 0 Å². The fraction of sp³-hybridized carbons (Fsp3) is 0.500. The van der Waals surface area contributed by atoms with E-state index in [1.54, 1.807) is 18.2 Å². The molecule has 0 radical (unpaired) electrons. The zero-order valence-electron chi connectivity index (χ0n) is 17.9. The predicted molar refractivity (Wildman–Crippen MR) is 111 cm³/mol. The molecular formula is C18H29F2KN6O2S. The van der Waals surface area contributed by atoms with Crippen LogP contribution in [0.1, 0.15) is 44.2 Å². The first kappa shape index (κ1) is 31.7. The van der Waals surface area contributed by atoms with Crippen molar-refractivity contribution in [1.82, 2.24) is 21.1 Å². The van der Waals surface area contributed by atoms with Gasteiger partial charge in [-0.3, -0.25) is 5.48 Å². The zero-order chi connectivity index (χ0) is 20.9. The van der Waals surface area contributed by atoms with E-state index in [9.17, 15) is 8.78 Å². The normalized spacial score (nSPS) is 10.0. The summed E-state index contributed by atoms with van der Waals surface area (Å²) in [5, 5.41) is 8.61. The summed E-state index contributed by atoms with van der Waals surface area (Å²) >= 11 is 1.17. The van der Waals surface area contributed by atoms with Crippen molar-refractivity contribution < 1.29 is 70.1 Å². The Balaban J connectivity index is 0. The van der Waals surface area contributed by atoms with Crippen molar-refractivity contribution >= 4 is 23.7 Å². The Labute approximate surface area is 223 Å². The molecule has 0 unspecified atom stereocenters. The number of aliphatic hydroxyl groups excluding tert-OH is 1. The molecule has 2 aromatic rings. The maximum atomic E-state index is 12.9. The molecule has 0 saturated heterocycles. The molecule has 30 heavy (non-hydrogen) atoms. The van der Waals surface area contributed by atoms with Crippen LogP contribution < -0.4 is 63.3 Å². The average Bonchev–Trinajstić information content (AvgIpc) is 2.65. The van der Waals surface area contributed by atoms with Gasteiger partial charge < -0.3 is 31.8 Å². The molecular weight excluding hydrogens is 441 g/mol. The van der Waals surface area contributed by atoms with Gasteiger partial charge >= 0.3 is 51.4 Å². The van der Waals surface area contributed by atoms with Gasteiger partial charge in [-0.05, 0) is 24.3 Å². The van der Waals surface area contributed by atoms with Crippen LogP contribution in [0.3, 0.4) is 0 Å². The summed E-state index contributed by atoms with van der Waals surface area (Å²) in [6.45, 7) is 4.67. The van der Waals surface area contributed by atoms with Crippen LogP contribution >= 0.6 is 11.8 Å². The van der Waals surface area contributed by atoms with E-state index in [1.807, 2.05) is 0 Å². The smallest absolute Gasteiger partial charge is 0.396 e. The molecule has 0 bridgehead atoms. The van der Waals surface area contributed by atoms with Gasteiger partial charge in [-0.1, -0.05) is 49.9 Å². The maximum absolute atomic E-state index is 12.9.